The Bertz CT molecular complexity index is 781. The normalized spacial score (nSPS) is 19.0. The molecule has 6 heteroatoms. The van der Waals surface area contributed by atoms with Crippen LogP contribution in [0.1, 0.15) is 35.8 Å². The van der Waals surface area contributed by atoms with E-state index in [1.807, 2.05) is 17.0 Å². The van der Waals surface area contributed by atoms with Crippen LogP contribution in [0.5, 0.6) is 0 Å². The second kappa shape index (κ2) is 8.69. The number of aromatic nitrogens is 2. The summed E-state index contributed by atoms with van der Waals surface area (Å²) in [5.74, 6) is 1.67. The second-order valence-corrected chi connectivity index (χ2v) is 7.98. The molecule has 2 aromatic rings. The molecule has 148 valence electrons. The fourth-order valence-corrected chi connectivity index (χ4v) is 3.99. The van der Waals surface area contributed by atoms with Gasteiger partial charge in [-0.2, -0.15) is 0 Å². The topological polar surface area (TPSA) is 52.6 Å². The SMILES string of the molecule is CC1CCN(c2cc(C(=O)N3CCN(Cc4ccccc4)CC3)ncn2)CC1. The fraction of sp³-hybridized carbons (Fsp3) is 0.500. The summed E-state index contributed by atoms with van der Waals surface area (Å²) in [4.78, 5) is 28.2. The Balaban J connectivity index is 1.34. The largest absolute Gasteiger partial charge is 0.356 e. The Kier molecular flexibility index (Phi) is 5.86. The summed E-state index contributed by atoms with van der Waals surface area (Å²) in [6, 6.07) is 12.4. The van der Waals surface area contributed by atoms with Crippen LogP contribution in [0.15, 0.2) is 42.7 Å². The van der Waals surface area contributed by atoms with Crippen LogP contribution in [0.3, 0.4) is 0 Å². The molecule has 3 heterocycles. The molecule has 1 aromatic heterocycles. The first kappa shape index (κ1) is 18.9. The number of rotatable bonds is 4. The lowest BCUT2D eigenvalue weighted by molar-refractivity contribution is 0.0622. The Morgan fingerprint density at radius 2 is 1.71 bits per heavy atom. The van der Waals surface area contributed by atoms with Crippen molar-refractivity contribution in [3.8, 4) is 0 Å². The van der Waals surface area contributed by atoms with Crippen molar-refractivity contribution in [2.75, 3.05) is 44.2 Å². The summed E-state index contributed by atoms with van der Waals surface area (Å²) >= 11 is 0. The monoisotopic (exact) mass is 379 g/mol. The van der Waals surface area contributed by atoms with Crippen molar-refractivity contribution in [2.24, 2.45) is 5.92 Å². The molecule has 28 heavy (non-hydrogen) atoms. The van der Waals surface area contributed by atoms with Crippen LogP contribution in [0, 0.1) is 5.92 Å². The smallest absolute Gasteiger partial charge is 0.272 e. The van der Waals surface area contributed by atoms with Gasteiger partial charge in [-0.05, 0) is 24.3 Å². The third kappa shape index (κ3) is 4.50. The highest BCUT2D eigenvalue weighted by molar-refractivity contribution is 5.93. The molecule has 2 aliphatic heterocycles. The van der Waals surface area contributed by atoms with Gasteiger partial charge in [0.1, 0.15) is 17.8 Å². The number of hydrogen-bond acceptors (Lipinski definition) is 5. The number of piperazine rings is 1. The van der Waals surface area contributed by atoms with Crippen molar-refractivity contribution in [1.82, 2.24) is 19.8 Å². The summed E-state index contributed by atoms with van der Waals surface area (Å²) in [5.41, 5.74) is 1.83. The van der Waals surface area contributed by atoms with Gasteiger partial charge in [0, 0.05) is 51.9 Å². The molecule has 0 spiro atoms. The van der Waals surface area contributed by atoms with E-state index in [4.69, 9.17) is 0 Å². The third-order valence-electron chi connectivity index (χ3n) is 5.89. The summed E-state index contributed by atoms with van der Waals surface area (Å²) in [7, 11) is 0. The molecule has 4 rings (SSSR count). The maximum absolute atomic E-state index is 13.0. The van der Waals surface area contributed by atoms with Crippen molar-refractivity contribution >= 4 is 11.7 Å². The molecule has 1 aromatic carbocycles. The van der Waals surface area contributed by atoms with Crippen molar-refractivity contribution in [3.05, 3.63) is 54.0 Å². The number of piperidine rings is 1. The zero-order valence-corrected chi connectivity index (χ0v) is 16.6. The highest BCUT2D eigenvalue weighted by atomic mass is 16.2. The van der Waals surface area contributed by atoms with Crippen LogP contribution >= 0.6 is 0 Å². The Morgan fingerprint density at radius 3 is 2.43 bits per heavy atom. The number of carbonyl (C=O) groups is 1. The van der Waals surface area contributed by atoms with Gasteiger partial charge >= 0.3 is 0 Å². The zero-order chi connectivity index (χ0) is 19.3. The van der Waals surface area contributed by atoms with Crippen LogP contribution in [-0.2, 0) is 6.54 Å². The molecule has 0 aliphatic carbocycles. The minimum Gasteiger partial charge on any atom is -0.356 e. The molecule has 0 saturated carbocycles. The maximum atomic E-state index is 13.0. The number of carbonyl (C=O) groups excluding carboxylic acids is 1. The van der Waals surface area contributed by atoms with Crippen LogP contribution in [-0.4, -0.2) is 64.9 Å². The number of anilines is 1. The summed E-state index contributed by atoms with van der Waals surface area (Å²) < 4.78 is 0. The van der Waals surface area contributed by atoms with E-state index in [-0.39, 0.29) is 5.91 Å². The van der Waals surface area contributed by atoms with Gasteiger partial charge in [0.2, 0.25) is 0 Å². The number of benzene rings is 1. The van der Waals surface area contributed by atoms with E-state index in [2.05, 4.69) is 51.0 Å². The quantitative estimate of drug-likeness (QED) is 0.818. The molecule has 0 atom stereocenters. The van der Waals surface area contributed by atoms with E-state index >= 15 is 0 Å². The highest BCUT2D eigenvalue weighted by Crippen LogP contribution is 2.22. The van der Waals surface area contributed by atoms with E-state index in [0.29, 0.717) is 5.69 Å². The molecule has 0 unspecified atom stereocenters. The van der Waals surface area contributed by atoms with Crippen LogP contribution in [0.4, 0.5) is 5.82 Å². The number of hydrogen-bond donors (Lipinski definition) is 0. The molecule has 2 saturated heterocycles. The second-order valence-electron chi connectivity index (χ2n) is 7.98. The molecule has 2 aliphatic rings. The molecular weight excluding hydrogens is 350 g/mol. The molecule has 1 amide bonds. The molecule has 2 fully saturated rings. The van der Waals surface area contributed by atoms with Crippen molar-refractivity contribution < 1.29 is 4.79 Å². The lowest BCUT2D eigenvalue weighted by Gasteiger charge is -2.35. The third-order valence-corrected chi connectivity index (χ3v) is 5.89. The predicted molar refractivity (Wildman–Crippen MR) is 110 cm³/mol. The van der Waals surface area contributed by atoms with Crippen molar-refractivity contribution in [3.63, 3.8) is 0 Å². The molecule has 6 nitrogen and oxygen atoms in total. The van der Waals surface area contributed by atoms with E-state index in [9.17, 15) is 4.79 Å². The summed E-state index contributed by atoms with van der Waals surface area (Å²) in [6.45, 7) is 8.51. The number of amides is 1. The Labute approximate surface area is 167 Å². The van der Waals surface area contributed by atoms with E-state index < -0.39 is 0 Å². The van der Waals surface area contributed by atoms with Gasteiger partial charge in [-0.1, -0.05) is 37.3 Å². The van der Waals surface area contributed by atoms with Crippen molar-refractivity contribution in [2.45, 2.75) is 26.3 Å². The minimum atomic E-state index is 0.0217. The van der Waals surface area contributed by atoms with Gasteiger partial charge in [-0.3, -0.25) is 9.69 Å². The fourth-order valence-electron chi connectivity index (χ4n) is 3.99. The molecule has 0 N–H and O–H groups in total. The van der Waals surface area contributed by atoms with E-state index in [1.165, 1.54) is 24.7 Å². The lowest BCUT2D eigenvalue weighted by atomic mass is 9.99. The standard InChI is InChI=1S/C22H29N5O/c1-18-7-9-26(10-8-18)21-15-20(23-17-24-21)22(28)27-13-11-25(12-14-27)16-19-5-3-2-4-6-19/h2-6,15,17-18H,7-14,16H2,1H3. The number of nitrogens with zero attached hydrogens (tertiary/aromatic N) is 5. The molecular formula is C22H29N5O. The van der Waals surface area contributed by atoms with Gasteiger partial charge in [-0.15, -0.1) is 0 Å². The van der Waals surface area contributed by atoms with Gasteiger partial charge in [-0.25, -0.2) is 9.97 Å². The van der Waals surface area contributed by atoms with Crippen molar-refractivity contribution in [1.29, 1.82) is 0 Å². The minimum absolute atomic E-state index is 0.0217. The zero-order valence-electron chi connectivity index (χ0n) is 16.6. The first-order valence-electron chi connectivity index (χ1n) is 10.3. The average molecular weight is 380 g/mol. The van der Waals surface area contributed by atoms with Gasteiger partial charge in [0.15, 0.2) is 0 Å². The molecule has 0 bridgehead atoms. The van der Waals surface area contributed by atoms with E-state index in [0.717, 1.165) is 57.5 Å². The lowest BCUT2D eigenvalue weighted by Crippen LogP contribution is -2.48. The van der Waals surface area contributed by atoms with Crippen LogP contribution < -0.4 is 4.90 Å². The summed E-state index contributed by atoms with van der Waals surface area (Å²) in [5, 5.41) is 0. The average Bonchev–Trinajstić information content (AvgIpc) is 2.75. The highest BCUT2D eigenvalue weighted by Gasteiger charge is 2.24. The van der Waals surface area contributed by atoms with Crippen LogP contribution in [0.25, 0.3) is 0 Å². The van der Waals surface area contributed by atoms with Gasteiger partial charge < -0.3 is 9.80 Å². The first-order chi connectivity index (χ1) is 13.7. The van der Waals surface area contributed by atoms with Crippen LogP contribution in [0.2, 0.25) is 0 Å². The maximum Gasteiger partial charge on any atom is 0.272 e. The Morgan fingerprint density at radius 1 is 1.00 bits per heavy atom. The predicted octanol–water partition coefficient (Wildman–Crippen LogP) is 2.67. The van der Waals surface area contributed by atoms with Gasteiger partial charge in [0.05, 0.1) is 0 Å². The van der Waals surface area contributed by atoms with E-state index in [1.54, 1.807) is 0 Å². The first-order valence-corrected chi connectivity index (χ1v) is 10.3. The summed E-state index contributed by atoms with van der Waals surface area (Å²) in [6.07, 6.45) is 3.89. The van der Waals surface area contributed by atoms with Gasteiger partial charge in [0.25, 0.3) is 5.91 Å². The molecule has 0 radical (unpaired) electrons. The Hall–Kier alpha value is -2.47.